The fourth-order valence-electron chi connectivity index (χ4n) is 1.48. The molecule has 1 aliphatic carbocycles. The number of ether oxygens (including phenoxy) is 2. The number of allylic oxidation sites excluding steroid dienone is 2. The first-order chi connectivity index (χ1) is 8.69. The predicted octanol–water partition coefficient (Wildman–Crippen LogP) is 1.99. The van der Waals surface area contributed by atoms with Crippen LogP contribution in [-0.4, -0.2) is 36.5 Å². The van der Waals surface area contributed by atoms with Crippen molar-refractivity contribution in [1.82, 2.24) is 10.4 Å². The van der Waals surface area contributed by atoms with E-state index in [1.807, 2.05) is 24.3 Å². The summed E-state index contributed by atoms with van der Waals surface area (Å²) in [6, 6.07) is -0.265. The number of hydrogen-bond donors (Lipinski definition) is 1. The molecule has 0 aromatic heterocycles. The second-order valence-corrected chi connectivity index (χ2v) is 3.52. The molecule has 0 saturated heterocycles. The van der Waals surface area contributed by atoms with Gasteiger partial charge in [-0.3, -0.25) is 0 Å². The Morgan fingerprint density at radius 2 is 2.00 bits per heavy atom. The Bertz CT molecular complexity index is 352. The van der Waals surface area contributed by atoms with Crippen LogP contribution >= 0.6 is 0 Å². The summed E-state index contributed by atoms with van der Waals surface area (Å²) in [6.07, 6.45) is 6.75. The third-order valence-electron chi connectivity index (χ3n) is 2.24. The number of carbonyl (C=O) groups excluding carboxylic acids is 2. The van der Waals surface area contributed by atoms with Crippen LogP contribution in [0, 0.1) is 0 Å². The van der Waals surface area contributed by atoms with Crippen LogP contribution in [-0.2, 0) is 9.47 Å². The molecule has 0 saturated carbocycles. The molecule has 1 unspecified atom stereocenters. The Morgan fingerprint density at radius 3 is 2.56 bits per heavy atom. The van der Waals surface area contributed by atoms with Crippen molar-refractivity contribution in [3.05, 3.63) is 24.3 Å². The van der Waals surface area contributed by atoms with E-state index in [-0.39, 0.29) is 19.3 Å². The van der Waals surface area contributed by atoms with Gasteiger partial charge in [0.05, 0.1) is 19.3 Å². The molecular weight excluding hydrogens is 236 g/mol. The van der Waals surface area contributed by atoms with Gasteiger partial charge in [-0.05, 0) is 20.3 Å². The molecule has 0 spiro atoms. The molecular formula is C12H18N2O4. The number of hydrazine groups is 1. The maximum Gasteiger partial charge on any atom is 0.429 e. The molecule has 0 bridgehead atoms. The van der Waals surface area contributed by atoms with Gasteiger partial charge in [-0.25, -0.2) is 20.0 Å². The van der Waals surface area contributed by atoms with Crippen molar-refractivity contribution >= 4 is 12.2 Å². The number of amides is 2. The summed E-state index contributed by atoms with van der Waals surface area (Å²) >= 11 is 0. The Labute approximate surface area is 106 Å². The average Bonchev–Trinajstić information content (AvgIpc) is 2.37. The van der Waals surface area contributed by atoms with Crippen LogP contribution in [0.1, 0.15) is 20.3 Å². The zero-order valence-electron chi connectivity index (χ0n) is 10.6. The summed E-state index contributed by atoms with van der Waals surface area (Å²) in [7, 11) is 0. The lowest BCUT2D eigenvalue weighted by atomic mass is 10.1. The summed E-state index contributed by atoms with van der Waals surface area (Å²) in [5.74, 6) is 0. The van der Waals surface area contributed by atoms with Crippen molar-refractivity contribution in [2.24, 2.45) is 0 Å². The molecule has 6 heteroatoms. The molecule has 2 amide bonds. The lowest BCUT2D eigenvalue weighted by Gasteiger charge is -2.28. The lowest BCUT2D eigenvalue weighted by molar-refractivity contribution is 0.0636. The monoisotopic (exact) mass is 254 g/mol. The van der Waals surface area contributed by atoms with E-state index < -0.39 is 12.2 Å². The van der Waals surface area contributed by atoms with Crippen molar-refractivity contribution in [3.63, 3.8) is 0 Å². The van der Waals surface area contributed by atoms with Crippen LogP contribution in [0.3, 0.4) is 0 Å². The minimum absolute atomic E-state index is 0.239. The first-order valence-electron chi connectivity index (χ1n) is 5.91. The fraction of sp³-hybridized carbons (Fsp3) is 0.500. The van der Waals surface area contributed by atoms with Crippen molar-refractivity contribution in [1.29, 1.82) is 0 Å². The van der Waals surface area contributed by atoms with Crippen LogP contribution in [0.4, 0.5) is 9.59 Å². The normalized spacial score (nSPS) is 17.1. The van der Waals surface area contributed by atoms with Crippen LogP contribution in [0.15, 0.2) is 24.3 Å². The second kappa shape index (κ2) is 7.37. The van der Waals surface area contributed by atoms with Crippen LogP contribution < -0.4 is 5.43 Å². The molecule has 100 valence electrons. The van der Waals surface area contributed by atoms with Gasteiger partial charge in [-0.1, -0.05) is 24.3 Å². The van der Waals surface area contributed by atoms with E-state index in [1.165, 1.54) is 0 Å². The third kappa shape index (κ3) is 4.12. The van der Waals surface area contributed by atoms with Gasteiger partial charge in [0.15, 0.2) is 0 Å². The van der Waals surface area contributed by atoms with Gasteiger partial charge in [0.2, 0.25) is 0 Å². The Hall–Kier alpha value is -1.98. The van der Waals surface area contributed by atoms with Crippen molar-refractivity contribution in [2.75, 3.05) is 13.2 Å². The van der Waals surface area contributed by atoms with Crippen LogP contribution in [0.25, 0.3) is 0 Å². The number of rotatable bonds is 3. The molecule has 18 heavy (non-hydrogen) atoms. The number of hydrogen-bond acceptors (Lipinski definition) is 4. The van der Waals surface area contributed by atoms with Gasteiger partial charge in [0.1, 0.15) is 0 Å². The highest BCUT2D eigenvalue weighted by atomic mass is 16.6. The van der Waals surface area contributed by atoms with Gasteiger partial charge >= 0.3 is 12.2 Å². The SMILES string of the molecule is CCOC(=O)NN(C(=O)OCC)C1C=CC=CC1. The number of carbonyl (C=O) groups is 2. The highest BCUT2D eigenvalue weighted by molar-refractivity contribution is 5.74. The molecule has 1 rings (SSSR count). The van der Waals surface area contributed by atoms with E-state index >= 15 is 0 Å². The van der Waals surface area contributed by atoms with Gasteiger partial charge < -0.3 is 9.47 Å². The fourth-order valence-corrected chi connectivity index (χ4v) is 1.48. The summed E-state index contributed by atoms with van der Waals surface area (Å²) < 4.78 is 9.64. The smallest absolute Gasteiger partial charge is 0.429 e. The van der Waals surface area contributed by atoms with Gasteiger partial charge in [0, 0.05) is 0 Å². The highest BCUT2D eigenvalue weighted by Gasteiger charge is 2.25. The van der Waals surface area contributed by atoms with Crippen LogP contribution in [0.2, 0.25) is 0 Å². The molecule has 0 aromatic rings. The molecule has 0 heterocycles. The van der Waals surface area contributed by atoms with Gasteiger partial charge in [-0.15, -0.1) is 0 Å². The molecule has 0 radical (unpaired) electrons. The van der Waals surface area contributed by atoms with E-state index in [4.69, 9.17) is 9.47 Å². The second-order valence-electron chi connectivity index (χ2n) is 3.52. The third-order valence-corrected chi connectivity index (χ3v) is 2.24. The summed E-state index contributed by atoms with van der Waals surface area (Å²) in [5, 5.41) is 1.14. The zero-order chi connectivity index (χ0) is 13.4. The minimum Gasteiger partial charge on any atom is -0.449 e. The van der Waals surface area contributed by atoms with Gasteiger partial charge in [0.25, 0.3) is 0 Å². The Morgan fingerprint density at radius 1 is 1.28 bits per heavy atom. The molecule has 6 nitrogen and oxygen atoms in total. The van der Waals surface area contributed by atoms with Gasteiger partial charge in [-0.2, -0.15) is 0 Å². The van der Waals surface area contributed by atoms with E-state index in [1.54, 1.807) is 13.8 Å². The van der Waals surface area contributed by atoms with E-state index in [9.17, 15) is 9.59 Å². The molecule has 1 atom stereocenters. The molecule has 0 aliphatic heterocycles. The Balaban J connectivity index is 2.68. The standard InChI is InChI=1S/C12H18N2O4/c1-3-17-11(15)13-14(12(16)18-4-2)10-8-6-5-7-9-10/h5-8,10H,3-4,9H2,1-2H3,(H,13,15). The van der Waals surface area contributed by atoms with E-state index in [2.05, 4.69) is 5.43 Å². The van der Waals surface area contributed by atoms with Crippen molar-refractivity contribution in [2.45, 2.75) is 26.3 Å². The zero-order valence-corrected chi connectivity index (χ0v) is 10.6. The molecule has 1 aliphatic rings. The molecule has 0 fully saturated rings. The summed E-state index contributed by atoms with van der Waals surface area (Å²) in [4.78, 5) is 23.1. The average molecular weight is 254 g/mol. The summed E-state index contributed by atoms with van der Waals surface area (Å²) in [5.41, 5.74) is 2.38. The van der Waals surface area contributed by atoms with E-state index in [0.29, 0.717) is 6.42 Å². The minimum atomic E-state index is -0.673. The molecule has 1 N–H and O–H groups in total. The maximum absolute atomic E-state index is 11.8. The lowest BCUT2D eigenvalue weighted by Crippen LogP contribution is -2.51. The topological polar surface area (TPSA) is 67.9 Å². The largest absolute Gasteiger partial charge is 0.449 e. The number of nitrogens with one attached hydrogen (secondary N) is 1. The first-order valence-corrected chi connectivity index (χ1v) is 5.91. The van der Waals surface area contributed by atoms with E-state index in [0.717, 1.165) is 5.01 Å². The van der Waals surface area contributed by atoms with Crippen molar-refractivity contribution < 1.29 is 19.1 Å². The summed E-state index contributed by atoms with van der Waals surface area (Å²) in [6.45, 7) is 3.88. The predicted molar refractivity (Wildman–Crippen MR) is 65.7 cm³/mol. The first kappa shape index (κ1) is 14.1. The quantitative estimate of drug-likeness (QED) is 0.782. The maximum atomic E-state index is 11.8. The molecule has 0 aromatic carbocycles. The highest BCUT2D eigenvalue weighted by Crippen LogP contribution is 2.11. The number of nitrogens with zero attached hydrogens (tertiary/aromatic N) is 1. The Kier molecular flexibility index (Phi) is 5.76. The van der Waals surface area contributed by atoms with Crippen molar-refractivity contribution in [3.8, 4) is 0 Å². The van der Waals surface area contributed by atoms with Crippen LogP contribution in [0.5, 0.6) is 0 Å².